The number of carboxylic acids is 1. The summed E-state index contributed by atoms with van der Waals surface area (Å²) in [6, 6.07) is 5.76. The second-order valence-corrected chi connectivity index (χ2v) is 4.31. The zero-order valence-corrected chi connectivity index (χ0v) is 11.2. The molecule has 6 nitrogen and oxygen atoms in total. The summed E-state index contributed by atoms with van der Waals surface area (Å²) in [5.41, 5.74) is -0.247. The Morgan fingerprint density at radius 3 is 2.40 bits per heavy atom. The molecule has 0 heterocycles. The van der Waals surface area contributed by atoms with Gasteiger partial charge in [-0.1, -0.05) is 12.1 Å². The van der Waals surface area contributed by atoms with E-state index in [0.29, 0.717) is 0 Å². The Morgan fingerprint density at radius 2 is 1.90 bits per heavy atom. The number of carboxylic acid groups (broad SMARTS) is 1. The minimum absolute atomic E-state index is 0.0752. The fourth-order valence-corrected chi connectivity index (χ4v) is 1.47. The number of ether oxygens (including phenoxy) is 1. The van der Waals surface area contributed by atoms with Gasteiger partial charge in [-0.3, -0.25) is 0 Å². The van der Waals surface area contributed by atoms with Crippen molar-refractivity contribution < 1.29 is 29.6 Å². The Bertz CT molecular complexity index is 544. The van der Waals surface area contributed by atoms with Crippen molar-refractivity contribution in [3.05, 3.63) is 41.2 Å². The van der Waals surface area contributed by atoms with Gasteiger partial charge in [-0.2, -0.15) is 0 Å². The summed E-state index contributed by atoms with van der Waals surface area (Å²) in [6.07, 6.45) is -0.978. The highest BCUT2D eigenvalue weighted by Gasteiger charge is 2.19. The van der Waals surface area contributed by atoms with E-state index >= 15 is 0 Å². The number of carbonyl (C=O) groups excluding carboxylic acids is 1. The van der Waals surface area contributed by atoms with Crippen molar-refractivity contribution in [2.75, 3.05) is 0 Å². The van der Waals surface area contributed by atoms with Gasteiger partial charge in [0.2, 0.25) is 0 Å². The normalized spacial score (nSPS) is 13.3. The van der Waals surface area contributed by atoms with Crippen LogP contribution in [0.25, 0.3) is 0 Å². The molecule has 1 rings (SSSR count). The van der Waals surface area contributed by atoms with E-state index in [1.807, 2.05) is 0 Å². The highest BCUT2D eigenvalue weighted by molar-refractivity contribution is 5.94. The van der Waals surface area contributed by atoms with Gasteiger partial charge < -0.3 is 20.1 Å². The van der Waals surface area contributed by atoms with E-state index < -0.39 is 18.0 Å². The molecule has 3 N–H and O–H groups in total. The molecule has 6 heteroatoms. The Labute approximate surface area is 115 Å². The summed E-state index contributed by atoms with van der Waals surface area (Å²) in [5, 5.41) is 27.8. The number of benzene rings is 1. The Hall–Kier alpha value is -2.34. The third-order valence-corrected chi connectivity index (χ3v) is 2.56. The van der Waals surface area contributed by atoms with Crippen LogP contribution in [0.2, 0.25) is 0 Å². The molecule has 0 fully saturated rings. The first-order valence-corrected chi connectivity index (χ1v) is 5.94. The standard InChI is InChI=1S/C14H16O6/c1-8(15)7-12(9(2)13(17)18)20-14(19)10-5-3-4-6-11(10)16/h3-6,8,15-16H,7H2,1-2H3,(H,17,18). The van der Waals surface area contributed by atoms with Crippen molar-refractivity contribution in [2.24, 2.45) is 0 Å². The average molecular weight is 280 g/mol. The van der Waals surface area contributed by atoms with Gasteiger partial charge in [0.1, 0.15) is 17.1 Å². The molecular formula is C14H16O6. The number of phenols is 1. The Morgan fingerprint density at radius 1 is 1.30 bits per heavy atom. The van der Waals surface area contributed by atoms with Crippen molar-refractivity contribution in [3.8, 4) is 5.75 Å². The fourth-order valence-electron chi connectivity index (χ4n) is 1.47. The van der Waals surface area contributed by atoms with Crippen LogP contribution in [-0.4, -0.2) is 33.4 Å². The van der Waals surface area contributed by atoms with Crippen LogP contribution in [0.4, 0.5) is 0 Å². The van der Waals surface area contributed by atoms with Gasteiger partial charge in [-0.15, -0.1) is 0 Å². The van der Waals surface area contributed by atoms with E-state index in [1.54, 1.807) is 12.1 Å². The highest BCUT2D eigenvalue weighted by Crippen LogP contribution is 2.21. The SMILES string of the molecule is CC(C(=O)O)=C(CC(C)O)OC(=O)c1ccccc1O. The number of para-hydroxylation sites is 1. The summed E-state index contributed by atoms with van der Waals surface area (Å²) < 4.78 is 4.99. The van der Waals surface area contributed by atoms with Gasteiger partial charge in [0.05, 0.1) is 11.7 Å². The third-order valence-electron chi connectivity index (χ3n) is 2.56. The van der Waals surface area contributed by atoms with E-state index in [4.69, 9.17) is 9.84 Å². The highest BCUT2D eigenvalue weighted by atomic mass is 16.5. The van der Waals surface area contributed by atoms with Crippen LogP contribution in [0.3, 0.4) is 0 Å². The smallest absolute Gasteiger partial charge is 0.347 e. The van der Waals surface area contributed by atoms with Crippen LogP contribution in [0.15, 0.2) is 35.6 Å². The van der Waals surface area contributed by atoms with E-state index in [0.717, 1.165) is 0 Å². The lowest BCUT2D eigenvalue weighted by molar-refractivity contribution is -0.132. The number of hydrogen-bond acceptors (Lipinski definition) is 5. The lowest BCUT2D eigenvalue weighted by Gasteiger charge is -2.13. The summed E-state index contributed by atoms with van der Waals surface area (Å²) in [7, 11) is 0. The molecule has 20 heavy (non-hydrogen) atoms. The maximum absolute atomic E-state index is 11.9. The van der Waals surface area contributed by atoms with Gasteiger partial charge in [0, 0.05) is 6.42 Å². The van der Waals surface area contributed by atoms with E-state index in [9.17, 15) is 19.8 Å². The van der Waals surface area contributed by atoms with Crippen LogP contribution in [0.1, 0.15) is 30.6 Å². The largest absolute Gasteiger partial charge is 0.507 e. The van der Waals surface area contributed by atoms with Crippen molar-refractivity contribution in [3.63, 3.8) is 0 Å². The third kappa shape index (κ3) is 4.10. The maximum atomic E-state index is 11.9. The molecule has 0 bridgehead atoms. The molecule has 0 amide bonds. The molecule has 0 spiro atoms. The van der Waals surface area contributed by atoms with Crippen LogP contribution in [-0.2, 0) is 9.53 Å². The number of hydrogen-bond donors (Lipinski definition) is 3. The molecular weight excluding hydrogens is 264 g/mol. The number of carbonyl (C=O) groups is 2. The van der Waals surface area contributed by atoms with Crippen molar-refractivity contribution >= 4 is 11.9 Å². The number of aliphatic carboxylic acids is 1. The van der Waals surface area contributed by atoms with Gasteiger partial charge in [-0.05, 0) is 26.0 Å². The molecule has 0 aromatic heterocycles. The van der Waals surface area contributed by atoms with Gasteiger partial charge in [0.15, 0.2) is 0 Å². The number of rotatable bonds is 5. The van der Waals surface area contributed by atoms with Crippen LogP contribution < -0.4 is 0 Å². The van der Waals surface area contributed by atoms with Crippen molar-refractivity contribution in [1.82, 2.24) is 0 Å². The van der Waals surface area contributed by atoms with Crippen LogP contribution in [0, 0.1) is 0 Å². The molecule has 0 saturated carbocycles. The van der Waals surface area contributed by atoms with Crippen LogP contribution >= 0.6 is 0 Å². The zero-order valence-electron chi connectivity index (χ0n) is 11.2. The second kappa shape index (κ2) is 6.72. The predicted octanol–water partition coefficient (Wildman–Crippen LogP) is 1.68. The Kier molecular flexibility index (Phi) is 5.28. The summed E-state index contributed by atoms with van der Waals surface area (Å²) in [6.45, 7) is 2.72. The first-order chi connectivity index (χ1) is 9.32. The molecule has 0 radical (unpaired) electrons. The zero-order chi connectivity index (χ0) is 15.3. The topological polar surface area (TPSA) is 104 Å². The number of aliphatic hydroxyl groups is 1. The quantitative estimate of drug-likeness (QED) is 0.430. The molecule has 1 unspecified atom stereocenters. The summed E-state index contributed by atoms with van der Waals surface area (Å²) >= 11 is 0. The van der Waals surface area contributed by atoms with Crippen LogP contribution in [0.5, 0.6) is 5.75 Å². The fraction of sp³-hybridized carbons (Fsp3) is 0.286. The number of aliphatic hydroxyl groups excluding tert-OH is 1. The van der Waals surface area contributed by atoms with Crippen molar-refractivity contribution in [2.45, 2.75) is 26.4 Å². The monoisotopic (exact) mass is 280 g/mol. The van der Waals surface area contributed by atoms with E-state index in [1.165, 1.54) is 26.0 Å². The summed E-state index contributed by atoms with van der Waals surface area (Å²) in [5.74, 6) is -2.52. The molecule has 1 aromatic rings. The number of phenolic OH excluding ortho intramolecular Hbond substituents is 1. The van der Waals surface area contributed by atoms with E-state index in [2.05, 4.69) is 0 Å². The van der Waals surface area contributed by atoms with Gasteiger partial charge in [-0.25, -0.2) is 9.59 Å². The first-order valence-electron chi connectivity index (χ1n) is 5.94. The maximum Gasteiger partial charge on any atom is 0.347 e. The number of esters is 1. The molecule has 1 atom stereocenters. The minimum atomic E-state index is -1.24. The molecule has 1 aromatic carbocycles. The molecule has 108 valence electrons. The van der Waals surface area contributed by atoms with Gasteiger partial charge in [0.25, 0.3) is 0 Å². The average Bonchev–Trinajstić information content (AvgIpc) is 2.36. The van der Waals surface area contributed by atoms with Crippen molar-refractivity contribution in [1.29, 1.82) is 0 Å². The Balaban J connectivity index is 3.02. The molecule has 0 saturated heterocycles. The molecule has 0 aliphatic rings. The summed E-state index contributed by atoms with van der Waals surface area (Å²) in [4.78, 5) is 22.8. The van der Waals surface area contributed by atoms with Gasteiger partial charge >= 0.3 is 11.9 Å². The lowest BCUT2D eigenvalue weighted by Crippen LogP contribution is -2.14. The van der Waals surface area contributed by atoms with E-state index in [-0.39, 0.29) is 29.1 Å². The first kappa shape index (κ1) is 15.7. The molecule has 0 aliphatic heterocycles. The molecule has 0 aliphatic carbocycles. The lowest BCUT2D eigenvalue weighted by atomic mass is 10.1. The predicted molar refractivity (Wildman–Crippen MR) is 70.2 cm³/mol. The minimum Gasteiger partial charge on any atom is -0.507 e. The number of aromatic hydroxyl groups is 1. The second-order valence-electron chi connectivity index (χ2n) is 4.31.